The molecule has 0 amide bonds. The zero-order valence-electron chi connectivity index (χ0n) is 15.0. The summed E-state index contributed by atoms with van der Waals surface area (Å²) in [6, 6.07) is 6.94. The van der Waals surface area contributed by atoms with Crippen LogP contribution in [0.15, 0.2) is 41.3 Å². The first-order chi connectivity index (χ1) is 12.5. The summed E-state index contributed by atoms with van der Waals surface area (Å²) in [4.78, 5) is -0.0762. The summed E-state index contributed by atoms with van der Waals surface area (Å²) in [6.07, 6.45) is -5.79. The van der Waals surface area contributed by atoms with Gasteiger partial charge in [0.25, 0.3) is 0 Å². The van der Waals surface area contributed by atoms with Gasteiger partial charge in [0, 0.05) is 6.54 Å². The van der Waals surface area contributed by atoms with E-state index in [1.807, 2.05) is 6.92 Å². The van der Waals surface area contributed by atoms with E-state index in [4.69, 9.17) is 4.74 Å². The van der Waals surface area contributed by atoms with Gasteiger partial charge in [0.05, 0.1) is 18.8 Å². The second-order valence-corrected chi connectivity index (χ2v) is 7.81. The number of hydrogen-bond acceptors (Lipinski definition) is 4. The molecule has 0 radical (unpaired) electrons. The van der Waals surface area contributed by atoms with Crippen molar-refractivity contribution in [2.24, 2.45) is 0 Å². The molecule has 9 heteroatoms. The van der Waals surface area contributed by atoms with Gasteiger partial charge in [0.1, 0.15) is 10.6 Å². The van der Waals surface area contributed by atoms with Crippen molar-refractivity contribution in [2.45, 2.75) is 31.0 Å². The van der Waals surface area contributed by atoms with Crippen molar-refractivity contribution in [3.05, 3.63) is 58.7 Å². The Morgan fingerprint density at radius 2 is 1.67 bits per heavy atom. The Kier molecular flexibility index (Phi) is 6.18. The highest BCUT2D eigenvalue weighted by Crippen LogP contribution is 2.30. The third kappa shape index (κ3) is 5.00. The molecule has 2 aromatic rings. The molecule has 0 aliphatic rings. The SMILES string of the molecule is COc1cc(C)c(C)cc1S(=O)(=O)NC[C@@H](O)c1ccc(C(F)(F)F)cc1. The van der Waals surface area contributed by atoms with Crippen molar-refractivity contribution in [1.29, 1.82) is 0 Å². The van der Waals surface area contributed by atoms with Gasteiger partial charge >= 0.3 is 6.18 Å². The molecule has 1 atom stereocenters. The molecule has 0 unspecified atom stereocenters. The molecule has 0 aliphatic carbocycles. The maximum absolute atomic E-state index is 12.6. The smallest absolute Gasteiger partial charge is 0.416 e. The fourth-order valence-electron chi connectivity index (χ4n) is 2.41. The average Bonchev–Trinajstić information content (AvgIpc) is 2.61. The highest BCUT2D eigenvalue weighted by molar-refractivity contribution is 7.89. The van der Waals surface area contributed by atoms with Crippen molar-refractivity contribution in [1.82, 2.24) is 4.72 Å². The standard InChI is InChI=1S/C18H20F3NO4S/c1-11-8-16(26-3)17(9-12(11)2)27(24,25)22-10-15(23)13-4-6-14(7-5-13)18(19,20)21/h4-9,15,22-23H,10H2,1-3H3/t15-/m1/s1. The minimum absolute atomic E-state index is 0.0762. The second kappa shape index (κ2) is 7.87. The first-order valence-corrected chi connectivity index (χ1v) is 9.44. The third-order valence-corrected chi connectivity index (χ3v) is 5.60. The number of methoxy groups -OCH3 is 1. The molecular formula is C18H20F3NO4S. The van der Waals surface area contributed by atoms with Crippen LogP contribution in [-0.2, 0) is 16.2 Å². The molecule has 5 nitrogen and oxygen atoms in total. The summed E-state index contributed by atoms with van der Waals surface area (Å²) in [6.45, 7) is 3.17. The summed E-state index contributed by atoms with van der Waals surface area (Å²) >= 11 is 0. The van der Waals surface area contributed by atoms with Crippen molar-refractivity contribution in [2.75, 3.05) is 13.7 Å². The lowest BCUT2D eigenvalue weighted by atomic mass is 10.1. The first kappa shape index (κ1) is 21.2. The number of aliphatic hydroxyl groups excluding tert-OH is 1. The fourth-order valence-corrected chi connectivity index (χ4v) is 3.68. The number of nitrogens with one attached hydrogen (secondary N) is 1. The van der Waals surface area contributed by atoms with Crippen LogP contribution in [0, 0.1) is 13.8 Å². The van der Waals surface area contributed by atoms with Crippen molar-refractivity contribution >= 4 is 10.0 Å². The predicted octanol–water partition coefficient (Wildman–Crippen LogP) is 3.34. The third-order valence-electron chi connectivity index (χ3n) is 4.16. The van der Waals surface area contributed by atoms with E-state index in [1.165, 1.54) is 13.2 Å². The molecule has 2 aromatic carbocycles. The van der Waals surface area contributed by atoms with E-state index in [0.717, 1.165) is 35.4 Å². The predicted molar refractivity (Wildman–Crippen MR) is 94.1 cm³/mol. The largest absolute Gasteiger partial charge is 0.495 e. The van der Waals surface area contributed by atoms with Crippen LogP contribution in [0.2, 0.25) is 0 Å². The number of aryl methyl sites for hydroxylation is 2. The number of alkyl halides is 3. The van der Waals surface area contributed by atoms with E-state index in [-0.39, 0.29) is 16.2 Å². The van der Waals surface area contributed by atoms with Gasteiger partial charge < -0.3 is 9.84 Å². The van der Waals surface area contributed by atoms with Crippen LogP contribution in [0.3, 0.4) is 0 Å². The molecule has 0 spiro atoms. The van der Waals surface area contributed by atoms with E-state index in [0.29, 0.717) is 0 Å². The van der Waals surface area contributed by atoms with Gasteiger partial charge in [-0.1, -0.05) is 12.1 Å². The number of halogens is 3. The number of ether oxygens (including phenoxy) is 1. The maximum atomic E-state index is 12.6. The fraction of sp³-hybridized carbons (Fsp3) is 0.333. The molecule has 0 saturated heterocycles. The van der Waals surface area contributed by atoms with Crippen LogP contribution in [0.1, 0.15) is 28.4 Å². The van der Waals surface area contributed by atoms with Crippen LogP contribution in [0.5, 0.6) is 5.75 Å². The van der Waals surface area contributed by atoms with Gasteiger partial charge in [-0.3, -0.25) is 0 Å². The highest BCUT2D eigenvalue weighted by Gasteiger charge is 2.30. The Morgan fingerprint density at radius 3 is 2.19 bits per heavy atom. The Morgan fingerprint density at radius 1 is 1.11 bits per heavy atom. The monoisotopic (exact) mass is 403 g/mol. The normalized spacial score (nSPS) is 13.4. The van der Waals surface area contributed by atoms with E-state index < -0.39 is 34.4 Å². The molecule has 2 rings (SSSR count). The second-order valence-electron chi connectivity index (χ2n) is 6.07. The summed E-state index contributed by atoms with van der Waals surface area (Å²) in [5.41, 5.74) is 0.923. The minimum atomic E-state index is -4.48. The lowest BCUT2D eigenvalue weighted by molar-refractivity contribution is -0.137. The Labute approximate surface area is 155 Å². The number of benzene rings is 2. The van der Waals surface area contributed by atoms with Crippen molar-refractivity contribution in [3.63, 3.8) is 0 Å². The topological polar surface area (TPSA) is 75.6 Å². The number of aliphatic hydroxyl groups is 1. The number of rotatable bonds is 6. The summed E-state index contributed by atoms with van der Waals surface area (Å²) < 4.78 is 70.2. The van der Waals surface area contributed by atoms with E-state index in [2.05, 4.69) is 4.72 Å². The highest BCUT2D eigenvalue weighted by atomic mass is 32.2. The van der Waals surface area contributed by atoms with Crippen LogP contribution < -0.4 is 9.46 Å². The molecule has 27 heavy (non-hydrogen) atoms. The van der Waals surface area contributed by atoms with E-state index in [9.17, 15) is 26.7 Å². The van der Waals surface area contributed by atoms with Gasteiger partial charge in [0.15, 0.2) is 0 Å². The van der Waals surface area contributed by atoms with Gasteiger partial charge in [-0.2, -0.15) is 13.2 Å². The zero-order chi connectivity index (χ0) is 20.4. The molecule has 2 N–H and O–H groups in total. The summed E-state index contributed by atoms with van der Waals surface area (Å²) in [5.74, 6) is 0.162. The molecule has 0 aromatic heterocycles. The van der Waals surface area contributed by atoms with E-state index >= 15 is 0 Å². The number of hydrogen-bond donors (Lipinski definition) is 2. The summed E-state index contributed by atoms with van der Waals surface area (Å²) in [7, 11) is -2.64. The Balaban J connectivity index is 2.16. The van der Waals surface area contributed by atoms with Gasteiger partial charge in [-0.05, 0) is 54.8 Å². The van der Waals surface area contributed by atoms with Crippen LogP contribution in [0.4, 0.5) is 13.2 Å². The van der Waals surface area contributed by atoms with Crippen LogP contribution in [0.25, 0.3) is 0 Å². The summed E-state index contributed by atoms with van der Waals surface area (Å²) in [5, 5.41) is 10.1. The van der Waals surface area contributed by atoms with Crippen LogP contribution in [-0.4, -0.2) is 27.2 Å². The Bertz CT molecular complexity index is 909. The van der Waals surface area contributed by atoms with Crippen molar-refractivity contribution in [3.8, 4) is 5.75 Å². The quantitative estimate of drug-likeness (QED) is 0.776. The molecule has 0 heterocycles. The first-order valence-electron chi connectivity index (χ1n) is 7.96. The zero-order valence-corrected chi connectivity index (χ0v) is 15.8. The molecule has 0 aliphatic heterocycles. The number of sulfonamides is 1. The molecule has 0 fully saturated rings. The molecule has 148 valence electrons. The van der Waals surface area contributed by atoms with Gasteiger partial charge in [0.2, 0.25) is 10.0 Å². The van der Waals surface area contributed by atoms with E-state index in [1.54, 1.807) is 13.0 Å². The van der Waals surface area contributed by atoms with Crippen LogP contribution >= 0.6 is 0 Å². The molecule has 0 bridgehead atoms. The average molecular weight is 403 g/mol. The minimum Gasteiger partial charge on any atom is -0.495 e. The lowest BCUT2D eigenvalue weighted by Gasteiger charge is -2.16. The lowest BCUT2D eigenvalue weighted by Crippen LogP contribution is -2.29. The van der Waals surface area contributed by atoms with Gasteiger partial charge in [-0.25, -0.2) is 13.1 Å². The molecular weight excluding hydrogens is 383 g/mol. The van der Waals surface area contributed by atoms with Gasteiger partial charge in [-0.15, -0.1) is 0 Å². The molecule has 0 saturated carbocycles. The Hall–Kier alpha value is -2.10. The maximum Gasteiger partial charge on any atom is 0.416 e. The van der Waals surface area contributed by atoms with Crippen molar-refractivity contribution < 1.29 is 31.4 Å².